The van der Waals surface area contributed by atoms with Crippen LogP contribution in [0.2, 0.25) is 0 Å². The fourth-order valence-electron chi connectivity index (χ4n) is 3.92. The zero-order valence-corrected chi connectivity index (χ0v) is 16.0. The number of hydrogen-bond donors (Lipinski definition) is 1. The zero-order valence-electron chi connectivity index (χ0n) is 16.0. The lowest BCUT2D eigenvalue weighted by Gasteiger charge is -2.26. The van der Waals surface area contributed by atoms with E-state index in [9.17, 15) is 14.7 Å². The maximum absolute atomic E-state index is 12.5. The van der Waals surface area contributed by atoms with E-state index in [1.807, 2.05) is 12.1 Å². The molecule has 1 aliphatic carbocycles. The topological polar surface area (TPSA) is 91.3 Å². The summed E-state index contributed by atoms with van der Waals surface area (Å²) in [7, 11) is 3.00. The van der Waals surface area contributed by atoms with Gasteiger partial charge in [0.25, 0.3) is 5.56 Å². The molecule has 8 heteroatoms. The molecule has 0 saturated heterocycles. The smallest absolute Gasteiger partial charge is 0.332 e. The molecular formula is C20H24N4O4. The number of benzene rings is 1. The fraction of sp³-hybridized carbons (Fsp3) is 0.450. The first-order chi connectivity index (χ1) is 13.5. The minimum atomic E-state index is -0.798. The Morgan fingerprint density at radius 2 is 2.04 bits per heavy atom. The second kappa shape index (κ2) is 7.37. The van der Waals surface area contributed by atoms with E-state index in [1.54, 1.807) is 11.6 Å². The Morgan fingerprint density at radius 1 is 1.25 bits per heavy atom. The Kier molecular flexibility index (Phi) is 4.91. The van der Waals surface area contributed by atoms with Crippen LogP contribution in [0.1, 0.15) is 30.1 Å². The highest BCUT2D eigenvalue weighted by molar-refractivity contribution is 5.69. The average Bonchev–Trinajstić information content (AvgIpc) is 3.12. The molecule has 8 nitrogen and oxygen atoms in total. The predicted molar refractivity (Wildman–Crippen MR) is 104 cm³/mol. The highest BCUT2D eigenvalue weighted by atomic mass is 16.5. The molecule has 0 saturated carbocycles. The van der Waals surface area contributed by atoms with Crippen LogP contribution in [0.5, 0.6) is 0 Å². The van der Waals surface area contributed by atoms with Gasteiger partial charge in [0, 0.05) is 14.1 Å². The van der Waals surface area contributed by atoms with Gasteiger partial charge in [0.05, 0.1) is 31.7 Å². The molecule has 4 rings (SSSR count). The molecule has 0 aliphatic heterocycles. The molecule has 0 fully saturated rings. The molecule has 0 spiro atoms. The number of ether oxygens (including phenoxy) is 1. The van der Waals surface area contributed by atoms with Gasteiger partial charge in [0.15, 0.2) is 11.2 Å². The fourth-order valence-corrected chi connectivity index (χ4v) is 3.92. The van der Waals surface area contributed by atoms with Gasteiger partial charge in [0.2, 0.25) is 0 Å². The Bertz CT molecular complexity index is 1130. The van der Waals surface area contributed by atoms with Crippen LogP contribution < -0.4 is 11.2 Å². The van der Waals surface area contributed by atoms with Crippen LogP contribution in [0.4, 0.5) is 0 Å². The van der Waals surface area contributed by atoms with Crippen molar-refractivity contribution in [2.24, 2.45) is 14.1 Å². The van der Waals surface area contributed by atoms with Crippen LogP contribution in [0.3, 0.4) is 0 Å². The minimum absolute atomic E-state index is 0.0205. The van der Waals surface area contributed by atoms with E-state index >= 15 is 0 Å². The Morgan fingerprint density at radius 3 is 2.86 bits per heavy atom. The molecule has 0 amide bonds. The van der Waals surface area contributed by atoms with E-state index in [1.165, 1.54) is 29.1 Å². The number of fused-ring (bicyclic) bond motifs is 2. The van der Waals surface area contributed by atoms with E-state index in [2.05, 4.69) is 17.1 Å². The largest absolute Gasteiger partial charge is 0.389 e. The summed E-state index contributed by atoms with van der Waals surface area (Å²) in [4.78, 5) is 28.7. The predicted octanol–water partition coefficient (Wildman–Crippen LogP) is 0.889. The summed E-state index contributed by atoms with van der Waals surface area (Å²) in [5.74, 6) is 0. The molecule has 2 aromatic heterocycles. The first-order valence-electron chi connectivity index (χ1n) is 9.45. The van der Waals surface area contributed by atoms with Gasteiger partial charge in [0.1, 0.15) is 0 Å². The molecule has 1 N–H and O–H groups in total. The van der Waals surface area contributed by atoms with Crippen molar-refractivity contribution in [2.75, 3.05) is 6.61 Å². The van der Waals surface area contributed by atoms with Crippen molar-refractivity contribution in [3.63, 3.8) is 0 Å². The van der Waals surface area contributed by atoms with Crippen molar-refractivity contribution in [3.8, 4) is 0 Å². The molecular weight excluding hydrogens is 360 g/mol. The standard InChI is InChI=1S/C20H24N4O4/c1-22-18-17(19(26)23(2)20(22)27)24(12-21-18)10-14(25)11-28-16-9-5-7-13-6-3-4-8-15(13)16/h3-4,6,8,12,14,16,25H,5,7,9-11H2,1-2H3/t14-,16+/m0/s1. The molecule has 3 aromatic rings. The summed E-state index contributed by atoms with van der Waals surface area (Å²) in [6.45, 7) is 0.322. The summed E-state index contributed by atoms with van der Waals surface area (Å²) >= 11 is 0. The SMILES string of the molecule is Cn1c(=O)c2c(ncn2C[C@H](O)CO[C@@H]2CCCc3ccccc32)n(C)c1=O. The summed E-state index contributed by atoms with van der Waals surface area (Å²) in [6, 6.07) is 8.25. The van der Waals surface area contributed by atoms with E-state index in [0.717, 1.165) is 23.8 Å². The quantitative estimate of drug-likeness (QED) is 0.705. The molecule has 0 bridgehead atoms. The van der Waals surface area contributed by atoms with Crippen LogP contribution in [-0.2, 0) is 31.8 Å². The Labute approximate surface area is 161 Å². The van der Waals surface area contributed by atoms with Gasteiger partial charge in [-0.3, -0.25) is 13.9 Å². The molecule has 1 aromatic carbocycles. The molecule has 1 aliphatic rings. The molecule has 28 heavy (non-hydrogen) atoms. The maximum atomic E-state index is 12.5. The summed E-state index contributed by atoms with van der Waals surface area (Å²) in [6.07, 6.45) is 3.71. The van der Waals surface area contributed by atoms with E-state index < -0.39 is 17.4 Å². The Hall–Kier alpha value is -2.71. The summed E-state index contributed by atoms with van der Waals surface area (Å²) in [5.41, 5.74) is 2.25. The van der Waals surface area contributed by atoms with Crippen molar-refractivity contribution < 1.29 is 9.84 Å². The van der Waals surface area contributed by atoms with E-state index in [-0.39, 0.29) is 19.3 Å². The zero-order chi connectivity index (χ0) is 19.8. The molecule has 2 heterocycles. The number of aryl methyl sites for hydroxylation is 2. The molecule has 0 radical (unpaired) electrons. The van der Waals surface area contributed by atoms with Crippen LogP contribution >= 0.6 is 0 Å². The van der Waals surface area contributed by atoms with Gasteiger partial charge in [-0.2, -0.15) is 0 Å². The lowest BCUT2D eigenvalue weighted by atomic mass is 9.89. The van der Waals surface area contributed by atoms with Gasteiger partial charge in [-0.15, -0.1) is 0 Å². The minimum Gasteiger partial charge on any atom is -0.389 e. The van der Waals surface area contributed by atoms with Crippen LogP contribution in [0, 0.1) is 0 Å². The number of imidazole rings is 1. The number of hydrogen-bond acceptors (Lipinski definition) is 5. The molecule has 2 atom stereocenters. The summed E-state index contributed by atoms with van der Waals surface area (Å²) < 4.78 is 9.96. The Balaban J connectivity index is 1.50. The van der Waals surface area contributed by atoms with Gasteiger partial charge in [-0.1, -0.05) is 24.3 Å². The van der Waals surface area contributed by atoms with Gasteiger partial charge in [-0.05, 0) is 30.4 Å². The maximum Gasteiger partial charge on any atom is 0.332 e. The van der Waals surface area contributed by atoms with Crippen LogP contribution in [-0.4, -0.2) is 36.5 Å². The van der Waals surface area contributed by atoms with Crippen molar-refractivity contribution in [3.05, 3.63) is 62.6 Å². The summed E-state index contributed by atoms with van der Waals surface area (Å²) in [5, 5.41) is 10.5. The molecule has 148 valence electrons. The third kappa shape index (κ3) is 3.18. The lowest BCUT2D eigenvalue weighted by Crippen LogP contribution is -2.38. The first-order valence-corrected chi connectivity index (χ1v) is 9.45. The third-order valence-electron chi connectivity index (χ3n) is 5.43. The average molecular weight is 384 g/mol. The van der Waals surface area contributed by atoms with Crippen molar-refractivity contribution in [1.82, 2.24) is 18.7 Å². The number of aromatic nitrogens is 4. The second-order valence-corrected chi connectivity index (χ2v) is 7.34. The van der Waals surface area contributed by atoms with E-state index in [4.69, 9.17) is 4.74 Å². The molecule has 0 unspecified atom stereocenters. The van der Waals surface area contributed by atoms with Crippen molar-refractivity contribution in [2.45, 2.75) is 38.0 Å². The lowest BCUT2D eigenvalue weighted by molar-refractivity contribution is -0.0222. The normalized spacial score (nSPS) is 17.6. The number of nitrogens with zero attached hydrogens (tertiary/aromatic N) is 4. The van der Waals surface area contributed by atoms with E-state index in [0.29, 0.717) is 11.2 Å². The van der Waals surface area contributed by atoms with Gasteiger partial charge < -0.3 is 14.4 Å². The van der Waals surface area contributed by atoms with Gasteiger partial charge in [-0.25, -0.2) is 9.78 Å². The number of aliphatic hydroxyl groups is 1. The third-order valence-corrected chi connectivity index (χ3v) is 5.43. The van der Waals surface area contributed by atoms with Crippen LogP contribution in [0.15, 0.2) is 40.2 Å². The number of aliphatic hydroxyl groups excluding tert-OH is 1. The first kappa shape index (κ1) is 18.6. The van der Waals surface area contributed by atoms with Crippen molar-refractivity contribution in [1.29, 1.82) is 0 Å². The number of rotatable bonds is 5. The second-order valence-electron chi connectivity index (χ2n) is 7.34. The van der Waals surface area contributed by atoms with Crippen LogP contribution in [0.25, 0.3) is 11.2 Å². The monoisotopic (exact) mass is 384 g/mol. The highest BCUT2D eigenvalue weighted by Crippen LogP contribution is 2.32. The van der Waals surface area contributed by atoms with Crippen molar-refractivity contribution >= 4 is 11.2 Å². The van der Waals surface area contributed by atoms with Gasteiger partial charge >= 0.3 is 5.69 Å². The highest BCUT2D eigenvalue weighted by Gasteiger charge is 2.22.